The van der Waals surface area contributed by atoms with Gasteiger partial charge in [-0.05, 0) is 18.1 Å². The Morgan fingerprint density at radius 3 is 2.96 bits per heavy atom. The Bertz CT molecular complexity index is 759. The van der Waals surface area contributed by atoms with Gasteiger partial charge in [0.25, 0.3) is 0 Å². The molecule has 0 unspecified atom stereocenters. The third-order valence-corrected chi connectivity index (χ3v) is 4.24. The van der Waals surface area contributed by atoms with Gasteiger partial charge in [-0.25, -0.2) is 4.79 Å². The van der Waals surface area contributed by atoms with Crippen LogP contribution in [0.3, 0.4) is 0 Å². The molecule has 0 bridgehead atoms. The highest BCUT2D eigenvalue weighted by atomic mass is 32.1. The van der Waals surface area contributed by atoms with Crippen LogP contribution in [0.25, 0.3) is 0 Å². The van der Waals surface area contributed by atoms with Crippen molar-refractivity contribution in [3.8, 4) is 5.75 Å². The maximum atomic E-state index is 12.3. The fourth-order valence-corrected chi connectivity index (χ4v) is 3.38. The molecule has 1 amide bonds. The van der Waals surface area contributed by atoms with Crippen molar-refractivity contribution >= 4 is 34.0 Å². The lowest BCUT2D eigenvalue weighted by atomic mass is 10.1. The predicted molar refractivity (Wildman–Crippen MR) is 91.4 cm³/mol. The first-order valence-corrected chi connectivity index (χ1v) is 8.50. The van der Waals surface area contributed by atoms with Crippen molar-refractivity contribution < 1.29 is 14.3 Å². The van der Waals surface area contributed by atoms with Crippen molar-refractivity contribution in [1.82, 2.24) is 10.2 Å². The van der Waals surface area contributed by atoms with E-state index in [4.69, 9.17) is 4.74 Å². The lowest BCUT2D eigenvalue weighted by molar-refractivity contribution is -0.133. The minimum absolute atomic E-state index is 0.0408. The summed E-state index contributed by atoms with van der Waals surface area (Å²) in [6, 6.07) is 7.15. The van der Waals surface area contributed by atoms with Gasteiger partial charge in [0.2, 0.25) is 11.0 Å². The van der Waals surface area contributed by atoms with E-state index >= 15 is 0 Å². The Hall–Kier alpha value is -2.48. The molecule has 0 saturated carbocycles. The lowest BCUT2D eigenvalue weighted by Gasteiger charge is -2.28. The van der Waals surface area contributed by atoms with Crippen LogP contribution in [0.15, 0.2) is 24.3 Å². The van der Waals surface area contributed by atoms with Gasteiger partial charge in [-0.2, -0.15) is 0 Å². The van der Waals surface area contributed by atoms with Crippen LogP contribution in [0.1, 0.15) is 18.9 Å². The molecule has 1 aliphatic heterocycles. The van der Waals surface area contributed by atoms with Crippen LogP contribution in [0.2, 0.25) is 0 Å². The summed E-state index contributed by atoms with van der Waals surface area (Å²) in [6.45, 7) is 4.30. The summed E-state index contributed by atoms with van der Waals surface area (Å²) in [6.07, 6.45) is 0.832. The Morgan fingerprint density at radius 2 is 2.17 bits per heavy atom. The van der Waals surface area contributed by atoms with Crippen LogP contribution in [0, 0.1) is 5.92 Å². The number of ether oxygens (including phenoxy) is 1. The standard InChI is InChI=1S/C16H18N4O3S/c1-10(2)7-14-18-19-16(24-14)17-13(21)8-20-9-15(22)23-12-6-4-3-5-11(12)20/h3-6,10H,7-9H2,1-2H3,(H,17,19,21). The molecule has 0 saturated heterocycles. The van der Waals surface area contributed by atoms with Crippen LogP contribution in [0.5, 0.6) is 5.75 Å². The largest absolute Gasteiger partial charge is 0.423 e. The van der Waals surface area contributed by atoms with E-state index < -0.39 is 0 Å². The average molecular weight is 346 g/mol. The molecule has 24 heavy (non-hydrogen) atoms. The number of esters is 1. The van der Waals surface area contributed by atoms with Crippen molar-refractivity contribution in [1.29, 1.82) is 0 Å². The number of anilines is 2. The highest BCUT2D eigenvalue weighted by Crippen LogP contribution is 2.31. The molecule has 2 heterocycles. The normalized spacial score (nSPS) is 13.6. The summed E-state index contributed by atoms with van der Waals surface area (Å²) in [5.41, 5.74) is 0.727. The molecule has 126 valence electrons. The van der Waals surface area contributed by atoms with Crippen molar-refractivity contribution in [3.05, 3.63) is 29.3 Å². The van der Waals surface area contributed by atoms with Crippen LogP contribution in [0.4, 0.5) is 10.8 Å². The second kappa shape index (κ2) is 6.96. The molecule has 1 N–H and O–H groups in total. The van der Waals surface area contributed by atoms with E-state index in [9.17, 15) is 9.59 Å². The number of amides is 1. The van der Waals surface area contributed by atoms with Crippen molar-refractivity contribution in [3.63, 3.8) is 0 Å². The van der Waals surface area contributed by atoms with E-state index in [-0.39, 0.29) is 25.0 Å². The molecule has 1 aromatic carbocycles. The first-order valence-electron chi connectivity index (χ1n) is 7.68. The van der Waals surface area contributed by atoms with Crippen LogP contribution in [-0.4, -0.2) is 35.2 Å². The van der Waals surface area contributed by atoms with Gasteiger partial charge in [0.1, 0.15) is 11.6 Å². The van der Waals surface area contributed by atoms with Gasteiger partial charge in [-0.3, -0.25) is 10.1 Å². The second-order valence-electron chi connectivity index (χ2n) is 5.94. The van der Waals surface area contributed by atoms with Crippen LogP contribution >= 0.6 is 11.3 Å². The Kier molecular flexibility index (Phi) is 4.75. The van der Waals surface area contributed by atoms with Gasteiger partial charge in [0, 0.05) is 6.42 Å². The summed E-state index contributed by atoms with van der Waals surface area (Å²) in [5.74, 6) is 0.331. The fourth-order valence-electron chi connectivity index (χ4n) is 2.41. The number of rotatable bonds is 5. The van der Waals surface area contributed by atoms with Gasteiger partial charge >= 0.3 is 5.97 Å². The van der Waals surface area contributed by atoms with Gasteiger partial charge < -0.3 is 9.64 Å². The van der Waals surface area contributed by atoms with Gasteiger partial charge in [0.05, 0.1) is 12.2 Å². The molecule has 2 aromatic rings. The lowest BCUT2D eigenvalue weighted by Crippen LogP contribution is -2.41. The molecule has 0 fully saturated rings. The first kappa shape index (κ1) is 16.4. The number of hydrogen-bond acceptors (Lipinski definition) is 7. The van der Waals surface area contributed by atoms with Crippen LogP contribution < -0.4 is 15.0 Å². The molecule has 0 spiro atoms. The minimum Gasteiger partial charge on any atom is -0.423 e. The smallest absolute Gasteiger partial charge is 0.331 e. The fraction of sp³-hybridized carbons (Fsp3) is 0.375. The summed E-state index contributed by atoms with van der Waals surface area (Å²) < 4.78 is 5.17. The minimum atomic E-state index is -0.378. The summed E-state index contributed by atoms with van der Waals surface area (Å²) >= 11 is 1.37. The molecular weight excluding hydrogens is 328 g/mol. The Balaban J connectivity index is 1.65. The van der Waals surface area contributed by atoms with Gasteiger partial charge in [-0.15, -0.1) is 10.2 Å². The molecule has 0 radical (unpaired) electrons. The van der Waals surface area contributed by atoms with E-state index in [1.54, 1.807) is 17.0 Å². The molecule has 3 rings (SSSR count). The summed E-state index contributed by atoms with van der Waals surface area (Å²) in [4.78, 5) is 25.6. The van der Waals surface area contributed by atoms with E-state index in [1.165, 1.54) is 11.3 Å². The number of aromatic nitrogens is 2. The zero-order valence-corrected chi connectivity index (χ0v) is 14.3. The SMILES string of the molecule is CC(C)Cc1nnc(NC(=O)CN2CC(=O)Oc3ccccc32)s1. The number of hydrogen-bond donors (Lipinski definition) is 1. The third kappa shape index (κ3) is 3.88. The zero-order valence-electron chi connectivity index (χ0n) is 13.5. The first-order chi connectivity index (χ1) is 11.5. The second-order valence-corrected chi connectivity index (χ2v) is 7.01. The Morgan fingerprint density at radius 1 is 1.38 bits per heavy atom. The van der Waals surface area contributed by atoms with E-state index in [0.29, 0.717) is 16.8 Å². The number of benzene rings is 1. The number of fused-ring (bicyclic) bond motifs is 1. The summed E-state index contributed by atoms with van der Waals surface area (Å²) in [5, 5.41) is 12.2. The maximum absolute atomic E-state index is 12.3. The van der Waals surface area contributed by atoms with Crippen molar-refractivity contribution in [2.24, 2.45) is 5.92 Å². The monoisotopic (exact) mass is 346 g/mol. The van der Waals surface area contributed by atoms with Crippen molar-refractivity contribution in [2.45, 2.75) is 20.3 Å². The molecule has 0 atom stereocenters. The van der Waals surface area contributed by atoms with Gasteiger partial charge in [-0.1, -0.05) is 37.3 Å². The quantitative estimate of drug-likeness (QED) is 0.659. The molecule has 1 aliphatic rings. The van der Waals surface area contributed by atoms with E-state index in [0.717, 1.165) is 17.1 Å². The molecule has 8 heteroatoms. The van der Waals surface area contributed by atoms with E-state index in [1.807, 2.05) is 12.1 Å². The highest BCUT2D eigenvalue weighted by molar-refractivity contribution is 7.15. The average Bonchev–Trinajstić information content (AvgIpc) is 2.93. The number of carbonyl (C=O) groups excluding carboxylic acids is 2. The predicted octanol–water partition coefficient (Wildman–Crippen LogP) is 2.10. The van der Waals surface area contributed by atoms with Gasteiger partial charge in [0.15, 0.2) is 5.75 Å². The zero-order chi connectivity index (χ0) is 17.1. The number of para-hydroxylation sites is 2. The topological polar surface area (TPSA) is 84.4 Å². The highest BCUT2D eigenvalue weighted by Gasteiger charge is 2.25. The summed E-state index contributed by atoms with van der Waals surface area (Å²) in [7, 11) is 0. The third-order valence-electron chi connectivity index (χ3n) is 3.38. The molecule has 0 aliphatic carbocycles. The molecule has 1 aromatic heterocycles. The number of nitrogens with one attached hydrogen (secondary N) is 1. The van der Waals surface area contributed by atoms with Crippen LogP contribution in [-0.2, 0) is 16.0 Å². The maximum Gasteiger partial charge on any atom is 0.331 e. The molecule has 7 nitrogen and oxygen atoms in total. The van der Waals surface area contributed by atoms with Crippen molar-refractivity contribution in [2.75, 3.05) is 23.3 Å². The molecular formula is C16H18N4O3S. The van der Waals surface area contributed by atoms with E-state index in [2.05, 4.69) is 29.4 Å². The Labute approximate surface area is 143 Å². The number of carbonyl (C=O) groups is 2. The number of nitrogens with zero attached hydrogens (tertiary/aromatic N) is 3.